The molecule has 0 bridgehead atoms. The third kappa shape index (κ3) is 3.89. The fourth-order valence-corrected chi connectivity index (χ4v) is 4.61. The molecule has 1 N–H and O–H groups in total. The van der Waals surface area contributed by atoms with Crippen LogP contribution < -0.4 is 10.2 Å². The number of nitrogens with zero attached hydrogens (tertiary/aromatic N) is 4. The van der Waals surface area contributed by atoms with E-state index in [0.29, 0.717) is 41.4 Å². The Balaban J connectivity index is 1.69. The molecule has 0 atom stereocenters. The normalized spacial score (nSPS) is 13.4. The van der Waals surface area contributed by atoms with Crippen LogP contribution in [0, 0.1) is 0 Å². The van der Waals surface area contributed by atoms with E-state index in [0.717, 1.165) is 29.2 Å². The molecule has 5 rings (SSSR count). The largest absolute Gasteiger partial charge is 0.351 e. The van der Waals surface area contributed by atoms with Crippen LogP contribution in [0.4, 0.5) is 20.3 Å². The van der Waals surface area contributed by atoms with Crippen LogP contribution in [0.1, 0.15) is 41.4 Å². The number of halogens is 2. The SMILES string of the molecule is CCNC(=O)c1cc2ccccc2c(N2CCCc3cc(-c4cnn(C)c4)c(C(F)F)cc32)n1. The van der Waals surface area contributed by atoms with Gasteiger partial charge < -0.3 is 10.2 Å². The number of aromatic nitrogens is 3. The average Bonchev–Trinajstić information content (AvgIpc) is 3.28. The highest BCUT2D eigenvalue weighted by Crippen LogP contribution is 2.42. The van der Waals surface area contributed by atoms with E-state index in [4.69, 9.17) is 4.98 Å². The number of hydrogen-bond acceptors (Lipinski definition) is 4. The second kappa shape index (κ2) is 8.85. The zero-order chi connectivity index (χ0) is 23.8. The maximum atomic E-state index is 14.2. The number of aryl methyl sites for hydroxylation is 2. The maximum absolute atomic E-state index is 14.2. The predicted octanol–water partition coefficient (Wildman–Crippen LogP) is 5.41. The van der Waals surface area contributed by atoms with Crippen molar-refractivity contribution in [3.05, 3.63) is 71.7 Å². The van der Waals surface area contributed by atoms with E-state index in [1.54, 1.807) is 36.3 Å². The maximum Gasteiger partial charge on any atom is 0.269 e. The Bertz CT molecular complexity index is 1380. The van der Waals surface area contributed by atoms with Gasteiger partial charge in [-0.05, 0) is 54.5 Å². The van der Waals surface area contributed by atoms with Gasteiger partial charge in [-0.2, -0.15) is 5.10 Å². The van der Waals surface area contributed by atoms with Crippen molar-refractivity contribution in [1.29, 1.82) is 0 Å². The van der Waals surface area contributed by atoms with Crippen molar-refractivity contribution >= 4 is 28.2 Å². The molecule has 0 aliphatic carbocycles. The summed E-state index contributed by atoms with van der Waals surface area (Å²) in [6.07, 6.45) is 2.33. The van der Waals surface area contributed by atoms with Gasteiger partial charge in [0.25, 0.3) is 12.3 Å². The minimum Gasteiger partial charge on any atom is -0.351 e. The van der Waals surface area contributed by atoms with Gasteiger partial charge >= 0.3 is 0 Å². The van der Waals surface area contributed by atoms with Crippen LogP contribution in [0.15, 0.2) is 54.9 Å². The molecule has 1 amide bonds. The molecule has 34 heavy (non-hydrogen) atoms. The summed E-state index contributed by atoms with van der Waals surface area (Å²) in [5, 5.41) is 8.71. The van der Waals surface area contributed by atoms with Crippen molar-refractivity contribution in [3.63, 3.8) is 0 Å². The van der Waals surface area contributed by atoms with Gasteiger partial charge in [-0.3, -0.25) is 9.48 Å². The zero-order valence-electron chi connectivity index (χ0n) is 19.1. The third-order valence-corrected chi connectivity index (χ3v) is 6.17. The Kier molecular flexibility index (Phi) is 5.73. The molecule has 3 heterocycles. The van der Waals surface area contributed by atoms with Gasteiger partial charge in [0.2, 0.25) is 0 Å². The second-order valence-corrected chi connectivity index (χ2v) is 8.44. The van der Waals surface area contributed by atoms with Crippen molar-refractivity contribution < 1.29 is 13.6 Å². The molecule has 1 aliphatic heterocycles. The fraction of sp³-hybridized carbons (Fsp3) is 0.269. The van der Waals surface area contributed by atoms with E-state index in [-0.39, 0.29) is 11.5 Å². The number of pyridine rings is 1. The molecular formula is C26H25F2N5O. The highest BCUT2D eigenvalue weighted by Gasteiger charge is 2.27. The quantitative estimate of drug-likeness (QED) is 0.432. The van der Waals surface area contributed by atoms with Crippen LogP contribution in [-0.4, -0.2) is 33.8 Å². The lowest BCUT2D eigenvalue weighted by Crippen LogP contribution is -2.28. The lowest BCUT2D eigenvalue weighted by atomic mass is 9.93. The molecule has 2 aromatic carbocycles. The van der Waals surface area contributed by atoms with Crippen molar-refractivity contribution in [2.75, 3.05) is 18.0 Å². The van der Waals surface area contributed by atoms with Crippen LogP contribution >= 0.6 is 0 Å². The van der Waals surface area contributed by atoms with E-state index in [1.807, 2.05) is 42.2 Å². The van der Waals surface area contributed by atoms with Gasteiger partial charge in [-0.1, -0.05) is 24.3 Å². The molecule has 8 heteroatoms. The lowest BCUT2D eigenvalue weighted by molar-refractivity contribution is 0.0951. The summed E-state index contributed by atoms with van der Waals surface area (Å²) in [5.74, 6) is 0.349. The minimum absolute atomic E-state index is 0.0390. The first-order chi connectivity index (χ1) is 16.5. The molecule has 2 aromatic heterocycles. The van der Waals surface area contributed by atoms with E-state index >= 15 is 0 Å². The Morgan fingerprint density at radius 3 is 2.76 bits per heavy atom. The van der Waals surface area contributed by atoms with Gasteiger partial charge in [0.1, 0.15) is 11.5 Å². The number of anilines is 2. The topological polar surface area (TPSA) is 63.1 Å². The molecule has 1 aliphatic rings. The zero-order valence-corrected chi connectivity index (χ0v) is 19.1. The van der Waals surface area contributed by atoms with Crippen LogP contribution in [0.2, 0.25) is 0 Å². The minimum atomic E-state index is -2.64. The van der Waals surface area contributed by atoms with Gasteiger partial charge in [0.05, 0.1) is 6.20 Å². The standard InChI is InChI=1S/C26H25F2N5O/c1-3-29-26(34)22-12-16-7-4-5-9-19(16)25(31-22)33-10-6-8-17-11-20(18-14-30-32(2)15-18)21(24(27)28)13-23(17)33/h4-5,7,9,11-15,24H,3,6,8,10H2,1-2H3,(H,29,34). The average molecular weight is 462 g/mol. The van der Waals surface area contributed by atoms with Crippen LogP contribution in [0.25, 0.3) is 21.9 Å². The van der Waals surface area contributed by atoms with Crippen molar-refractivity contribution in [1.82, 2.24) is 20.1 Å². The summed E-state index contributed by atoms with van der Waals surface area (Å²) in [4.78, 5) is 19.3. The van der Waals surface area contributed by atoms with Gasteiger partial charge in [-0.15, -0.1) is 0 Å². The molecule has 0 saturated carbocycles. The van der Waals surface area contributed by atoms with Crippen LogP contribution in [0.3, 0.4) is 0 Å². The second-order valence-electron chi connectivity index (χ2n) is 8.44. The Morgan fingerprint density at radius 2 is 2.03 bits per heavy atom. The molecule has 4 aromatic rings. The van der Waals surface area contributed by atoms with E-state index in [9.17, 15) is 13.6 Å². The number of carbonyl (C=O) groups is 1. The molecule has 0 fully saturated rings. The summed E-state index contributed by atoms with van der Waals surface area (Å²) in [7, 11) is 1.77. The summed E-state index contributed by atoms with van der Waals surface area (Å²) in [5.41, 5.74) is 3.12. The van der Waals surface area contributed by atoms with E-state index in [1.165, 1.54) is 0 Å². The molecule has 0 saturated heterocycles. The summed E-state index contributed by atoms with van der Waals surface area (Å²) in [6.45, 7) is 2.97. The summed E-state index contributed by atoms with van der Waals surface area (Å²) in [6, 6.07) is 12.9. The molecular weight excluding hydrogens is 436 g/mol. The monoisotopic (exact) mass is 461 g/mol. The molecule has 174 valence electrons. The predicted molar refractivity (Wildman–Crippen MR) is 129 cm³/mol. The third-order valence-electron chi connectivity index (χ3n) is 6.17. The number of fused-ring (bicyclic) bond motifs is 2. The highest BCUT2D eigenvalue weighted by atomic mass is 19.3. The molecule has 0 radical (unpaired) electrons. The number of carbonyl (C=O) groups excluding carboxylic acids is 1. The Labute approximate surface area is 196 Å². The van der Waals surface area contributed by atoms with E-state index < -0.39 is 6.43 Å². The number of alkyl halides is 2. The highest BCUT2D eigenvalue weighted by molar-refractivity contribution is 6.01. The number of nitrogens with one attached hydrogen (secondary N) is 1. The smallest absolute Gasteiger partial charge is 0.269 e. The first-order valence-corrected chi connectivity index (χ1v) is 11.4. The van der Waals surface area contributed by atoms with E-state index in [2.05, 4.69) is 10.4 Å². The number of benzene rings is 2. The Morgan fingerprint density at radius 1 is 1.21 bits per heavy atom. The summed E-state index contributed by atoms with van der Waals surface area (Å²) < 4.78 is 30.0. The van der Waals surface area contributed by atoms with Crippen molar-refractivity contribution in [2.24, 2.45) is 7.05 Å². The van der Waals surface area contributed by atoms with Crippen LogP contribution in [0.5, 0.6) is 0 Å². The van der Waals surface area contributed by atoms with Gasteiger partial charge in [0.15, 0.2) is 0 Å². The number of hydrogen-bond donors (Lipinski definition) is 1. The summed E-state index contributed by atoms with van der Waals surface area (Å²) >= 11 is 0. The fourth-order valence-electron chi connectivity index (χ4n) is 4.61. The number of rotatable bonds is 5. The number of amides is 1. The van der Waals surface area contributed by atoms with Crippen molar-refractivity contribution in [2.45, 2.75) is 26.2 Å². The van der Waals surface area contributed by atoms with Gasteiger partial charge in [-0.25, -0.2) is 13.8 Å². The molecule has 6 nitrogen and oxygen atoms in total. The first kappa shape index (κ1) is 22.0. The van der Waals surface area contributed by atoms with Crippen LogP contribution in [-0.2, 0) is 13.5 Å². The van der Waals surface area contributed by atoms with Crippen molar-refractivity contribution in [3.8, 4) is 11.1 Å². The molecule has 0 unspecified atom stereocenters. The molecule has 0 spiro atoms. The first-order valence-electron chi connectivity index (χ1n) is 11.4. The lowest BCUT2D eigenvalue weighted by Gasteiger charge is -2.32. The Hall–Kier alpha value is -3.81. The van der Waals surface area contributed by atoms with Gasteiger partial charge in [0, 0.05) is 48.5 Å².